The lowest BCUT2D eigenvalue weighted by Gasteiger charge is -2.15. The third-order valence-corrected chi connectivity index (χ3v) is 25.9. The van der Waals surface area contributed by atoms with Gasteiger partial charge in [-0.25, -0.2) is 34.9 Å². The van der Waals surface area contributed by atoms with Gasteiger partial charge in [-0.2, -0.15) is 0 Å². The van der Waals surface area contributed by atoms with Crippen molar-refractivity contribution in [2.45, 2.75) is 0 Å². The minimum Gasteiger partial charge on any atom is -0.254 e. The Labute approximate surface area is 785 Å². The van der Waals surface area contributed by atoms with Crippen LogP contribution in [0, 0.1) is 0 Å². The van der Waals surface area contributed by atoms with E-state index in [0.29, 0.717) is 5.82 Å². The Morgan fingerprint density at radius 2 is 0.404 bits per heavy atom. The van der Waals surface area contributed by atoms with Crippen molar-refractivity contribution >= 4 is 109 Å². The predicted octanol–water partition coefficient (Wildman–Crippen LogP) is 32.8. The van der Waals surface area contributed by atoms with Gasteiger partial charge in [0.05, 0.1) is 78.5 Å². The zero-order chi connectivity index (χ0) is 90.2. The summed E-state index contributed by atoms with van der Waals surface area (Å²) in [6, 6.07) is 168. The van der Waals surface area contributed by atoms with Crippen molar-refractivity contribution in [1.29, 1.82) is 0 Å². The molecule has 0 aliphatic heterocycles. The van der Waals surface area contributed by atoms with E-state index in [0.717, 1.165) is 194 Å². The highest BCUT2D eigenvalue weighted by Crippen LogP contribution is 2.45. The molecular formula is C127H81N9. The molecule has 0 spiro atoms. The van der Waals surface area contributed by atoms with Gasteiger partial charge in [0.2, 0.25) is 0 Å². The van der Waals surface area contributed by atoms with Crippen molar-refractivity contribution in [2.24, 2.45) is 0 Å². The summed E-state index contributed by atoms with van der Waals surface area (Å²) in [5.74, 6) is 0.701. The molecular weight excluding hydrogens is 1650 g/mol. The first-order valence-electron chi connectivity index (χ1n) is 45.8. The highest BCUT2D eigenvalue weighted by atomic mass is 14.9. The van der Waals surface area contributed by atoms with Gasteiger partial charge in [0.15, 0.2) is 5.82 Å². The maximum Gasteiger partial charge on any atom is 0.160 e. The summed E-state index contributed by atoms with van der Waals surface area (Å²) >= 11 is 0. The van der Waals surface area contributed by atoms with E-state index in [1.165, 1.54) is 54.2 Å². The molecule has 0 saturated heterocycles. The number of benzene rings is 18. The fourth-order valence-electron chi connectivity index (χ4n) is 19.2. The molecule has 0 unspecified atom stereocenters. The Morgan fingerprint density at radius 3 is 0.787 bits per heavy atom. The van der Waals surface area contributed by atoms with Crippen LogP contribution in [0.2, 0.25) is 0 Å². The SMILES string of the molecule is c1ccc(-c2cc(-c3ccc(-c4cc5ccc(-c6ccccc6)nc5c5nc(-c6ccccc6)ccc45)cc3)c3c(ccc4ccccc43)n2)cc1.c1ccc(-c2cc(-c3ccc(-c4cc5cccnc5c5ncccc45)cc3)c3c(ccc4ccccc43)n2)cc1.c1ccc(-c2cc(-c3ccccc3)nc(-c3ccc(-c4cc(-c5ccccc5)nc5ccc6ccccc6c45)cc3)n2)cc1. The molecule has 9 heteroatoms. The number of fused-ring (bicyclic) bond motifs is 15. The lowest BCUT2D eigenvalue weighted by molar-refractivity contribution is 1.18. The highest BCUT2D eigenvalue weighted by molar-refractivity contribution is 6.18. The Morgan fingerprint density at radius 1 is 0.132 bits per heavy atom. The molecule has 0 N–H and O–H groups in total. The van der Waals surface area contributed by atoms with E-state index in [2.05, 4.69) is 405 Å². The van der Waals surface area contributed by atoms with Crippen LogP contribution in [0.5, 0.6) is 0 Å². The molecule has 136 heavy (non-hydrogen) atoms. The summed E-state index contributed by atoms with van der Waals surface area (Å²) in [6.45, 7) is 0. The van der Waals surface area contributed by atoms with Gasteiger partial charge in [0.25, 0.3) is 0 Å². The second kappa shape index (κ2) is 35.5. The van der Waals surface area contributed by atoms with Crippen molar-refractivity contribution in [3.8, 4) is 146 Å². The second-order valence-corrected chi connectivity index (χ2v) is 34.1. The molecule has 0 saturated carbocycles. The smallest absolute Gasteiger partial charge is 0.160 e. The molecule has 0 fully saturated rings. The Bertz CT molecular complexity index is 8970. The average Bonchev–Trinajstić information content (AvgIpc) is 0.748. The van der Waals surface area contributed by atoms with E-state index < -0.39 is 0 Å². The van der Waals surface area contributed by atoms with Crippen LogP contribution in [-0.2, 0) is 0 Å². The van der Waals surface area contributed by atoms with Gasteiger partial charge in [-0.05, 0) is 173 Å². The molecule has 9 nitrogen and oxygen atoms in total. The zero-order valence-corrected chi connectivity index (χ0v) is 73.8. The predicted molar refractivity (Wildman–Crippen MR) is 565 cm³/mol. The van der Waals surface area contributed by atoms with Crippen molar-refractivity contribution in [2.75, 3.05) is 0 Å². The van der Waals surface area contributed by atoms with Crippen molar-refractivity contribution in [3.63, 3.8) is 0 Å². The molecule has 0 aliphatic rings. The molecule has 0 amide bonds. The fraction of sp³-hybridized carbons (Fsp3) is 0. The summed E-state index contributed by atoms with van der Waals surface area (Å²) < 4.78 is 0. The van der Waals surface area contributed by atoms with Crippen LogP contribution in [-0.4, -0.2) is 44.9 Å². The van der Waals surface area contributed by atoms with E-state index in [4.69, 9.17) is 39.9 Å². The number of pyridine rings is 7. The maximum absolute atomic E-state index is 5.29. The first-order chi connectivity index (χ1) is 67.4. The second-order valence-electron chi connectivity index (χ2n) is 34.1. The molecule has 634 valence electrons. The normalized spacial score (nSPS) is 11.4. The summed E-state index contributed by atoms with van der Waals surface area (Å²) in [7, 11) is 0. The lowest BCUT2D eigenvalue weighted by Crippen LogP contribution is -1.96. The van der Waals surface area contributed by atoms with Crippen LogP contribution in [0.15, 0.2) is 492 Å². The summed E-state index contributed by atoms with van der Waals surface area (Å²) in [6.07, 6.45) is 3.67. The third-order valence-electron chi connectivity index (χ3n) is 25.9. The van der Waals surface area contributed by atoms with Gasteiger partial charge in [-0.1, -0.05) is 394 Å². The monoisotopic (exact) mass is 1730 g/mol. The standard InChI is InChI=1S/C49H31N3.C41H27N3.C37H23N3/c1-4-13-35(14-5-1)43-27-25-38-30-41(40-26-29-44(36-15-6-2-7-16-36)52-49(40)48(38)51-43)33-20-22-34(23-21-33)42-31-46(37-17-8-3-9-18-37)50-45-28-24-32-12-10-11-19-39(32)47(42)45;1-4-13-30(14-5-1)37-26-35(40-34-19-11-10-12-28(34)24-25-36(40)42-37)29-20-22-33(23-21-29)41-43-38(31-15-6-2-7-16-31)27-39(44-41)32-17-8-3-9-18-32;1-2-9-27(10-3-1)34-23-32(35-29-12-5-4-8-24(29)18-19-33(35)40-34)26-16-14-25(15-17-26)31-22-28-11-6-20-38-36(28)37-30(31)13-7-21-39-37/h1-31H;1-27H;1-23H. The number of hydrogen-bond acceptors (Lipinski definition) is 9. The molecule has 0 aliphatic carbocycles. The molecule has 26 rings (SSSR count). The number of hydrogen-bond donors (Lipinski definition) is 0. The van der Waals surface area contributed by atoms with E-state index in [-0.39, 0.29) is 0 Å². The zero-order valence-electron chi connectivity index (χ0n) is 73.8. The van der Waals surface area contributed by atoms with Gasteiger partial charge in [0, 0.05) is 94.6 Å². The van der Waals surface area contributed by atoms with Crippen LogP contribution >= 0.6 is 0 Å². The summed E-state index contributed by atoms with van der Waals surface area (Å²) in [5, 5.41) is 15.1. The topological polar surface area (TPSA) is 116 Å². The number of nitrogens with zero attached hydrogens (tertiary/aromatic N) is 9. The van der Waals surface area contributed by atoms with Gasteiger partial charge in [-0.3, -0.25) is 9.97 Å². The van der Waals surface area contributed by atoms with E-state index >= 15 is 0 Å². The van der Waals surface area contributed by atoms with Crippen LogP contribution in [0.1, 0.15) is 0 Å². The fourth-order valence-corrected chi connectivity index (χ4v) is 19.2. The Hall–Kier alpha value is -18.3. The minimum absolute atomic E-state index is 0.701. The quantitative estimate of drug-likeness (QED) is 0.104. The summed E-state index contributed by atoms with van der Waals surface area (Å²) in [4.78, 5) is 45.2. The van der Waals surface area contributed by atoms with E-state index in [1.54, 1.807) is 0 Å². The number of rotatable bonds is 13. The van der Waals surface area contributed by atoms with E-state index in [1.807, 2.05) is 91.3 Å². The largest absolute Gasteiger partial charge is 0.254 e. The average molecular weight is 1730 g/mol. The van der Waals surface area contributed by atoms with Crippen LogP contribution in [0.25, 0.3) is 254 Å². The van der Waals surface area contributed by atoms with Gasteiger partial charge >= 0.3 is 0 Å². The minimum atomic E-state index is 0.701. The van der Waals surface area contributed by atoms with Crippen LogP contribution < -0.4 is 0 Å². The lowest BCUT2D eigenvalue weighted by atomic mass is 9.92. The maximum atomic E-state index is 5.29. The molecule has 8 aromatic heterocycles. The molecule has 26 aromatic rings. The molecule has 0 radical (unpaired) electrons. The Kier molecular flexibility index (Phi) is 21.1. The summed E-state index contributed by atoms with van der Waals surface area (Å²) in [5.41, 5.74) is 33.3. The van der Waals surface area contributed by atoms with Crippen LogP contribution in [0.4, 0.5) is 0 Å². The van der Waals surface area contributed by atoms with Gasteiger partial charge < -0.3 is 0 Å². The first-order valence-corrected chi connectivity index (χ1v) is 45.8. The molecule has 8 heterocycles. The first kappa shape index (κ1) is 81.0. The Balaban J connectivity index is 0.000000113. The van der Waals surface area contributed by atoms with Gasteiger partial charge in [0.1, 0.15) is 0 Å². The van der Waals surface area contributed by atoms with Crippen molar-refractivity contribution < 1.29 is 0 Å². The molecule has 0 bridgehead atoms. The van der Waals surface area contributed by atoms with Crippen molar-refractivity contribution in [1.82, 2.24) is 44.9 Å². The van der Waals surface area contributed by atoms with Crippen molar-refractivity contribution in [3.05, 3.63) is 492 Å². The third kappa shape index (κ3) is 15.7. The van der Waals surface area contributed by atoms with E-state index in [9.17, 15) is 0 Å². The van der Waals surface area contributed by atoms with Gasteiger partial charge in [-0.15, -0.1) is 0 Å². The number of aromatic nitrogens is 9. The molecule has 18 aromatic carbocycles. The van der Waals surface area contributed by atoms with Crippen LogP contribution in [0.3, 0.4) is 0 Å². The highest BCUT2D eigenvalue weighted by Gasteiger charge is 2.22. The molecule has 0 atom stereocenters.